The Labute approximate surface area is 188 Å². The number of hydrogen-bond donors (Lipinski definition) is 1. The zero-order valence-corrected chi connectivity index (χ0v) is 18.4. The minimum Gasteiger partial charge on any atom is -0.497 e. The Bertz CT molecular complexity index is 1180. The monoisotopic (exact) mass is 427 g/mol. The van der Waals surface area contributed by atoms with Gasteiger partial charge in [0.05, 0.1) is 7.11 Å². The molecule has 3 aromatic rings. The largest absolute Gasteiger partial charge is 0.497 e. The maximum atomic E-state index is 12.6. The van der Waals surface area contributed by atoms with Crippen LogP contribution >= 0.6 is 0 Å². The Morgan fingerprint density at radius 1 is 1.12 bits per heavy atom. The van der Waals surface area contributed by atoms with E-state index < -0.39 is 5.91 Å². The van der Waals surface area contributed by atoms with Crippen molar-refractivity contribution in [2.45, 2.75) is 13.8 Å². The summed E-state index contributed by atoms with van der Waals surface area (Å²) in [5.41, 5.74) is 4.28. The highest BCUT2D eigenvalue weighted by Crippen LogP contribution is 2.25. The molecule has 2 aromatic carbocycles. The smallest absolute Gasteiger partial charge is 0.266 e. The van der Waals surface area contributed by atoms with E-state index in [-0.39, 0.29) is 5.57 Å². The Kier molecular flexibility index (Phi) is 7.14. The van der Waals surface area contributed by atoms with Crippen molar-refractivity contribution >= 4 is 17.7 Å². The summed E-state index contributed by atoms with van der Waals surface area (Å²) in [7, 11) is 1.58. The SMILES string of the molecule is C=CCOc1ccc(-n2c(C)cc(/C=C(/C#N)C(=O)Nc3ccc(OC)cc3)c2C)cc1. The molecule has 0 aliphatic carbocycles. The van der Waals surface area contributed by atoms with Gasteiger partial charge in [0.2, 0.25) is 0 Å². The molecule has 1 heterocycles. The molecule has 0 saturated heterocycles. The van der Waals surface area contributed by atoms with Gasteiger partial charge in [-0.1, -0.05) is 12.7 Å². The van der Waals surface area contributed by atoms with Gasteiger partial charge in [-0.2, -0.15) is 5.26 Å². The van der Waals surface area contributed by atoms with E-state index in [1.54, 1.807) is 43.5 Å². The summed E-state index contributed by atoms with van der Waals surface area (Å²) in [4.78, 5) is 12.6. The Hall–Kier alpha value is -4.24. The lowest BCUT2D eigenvalue weighted by molar-refractivity contribution is -0.112. The first-order chi connectivity index (χ1) is 15.5. The summed E-state index contributed by atoms with van der Waals surface area (Å²) in [6.07, 6.45) is 3.31. The van der Waals surface area contributed by atoms with Gasteiger partial charge in [-0.25, -0.2) is 0 Å². The van der Waals surface area contributed by atoms with E-state index >= 15 is 0 Å². The molecule has 0 spiro atoms. The Morgan fingerprint density at radius 2 is 1.78 bits per heavy atom. The summed E-state index contributed by atoms with van der Waals surface area (Å²) >= 11 is 0. The summed E-state index contributed by atoms with van der Waals surface area (Å²) in [5, 5.41) is 12.3. The maximum absolute atomic E-state index is 12.6. The number of methoxy groups -OCH3 is 1. The standard InChI is InChI=1S/C26H25N3O3/c1-5-14-32-25-12-8-23(9-13-25)29-18(2)15-20(19(29)3)16-21(17-27)26(30)28-22-6-10-24(31-4)11-7-22/h5-13,15-16H,1,14H2,2-4H3,(H,28,30)/b21-16-. The fraction of sp³-hybridized carbons (Fsp3) is 0.154. The number of amides is 1. The fourth-order valence-corrected chi connectivity index (χ4v) is 3.35. The second-order valence-corrected chi connectivity index (χ2v) is 7.11. The first-order valence-electron chi connectivity index (χ1n) is 10.1. The first-order valence-corrected chi connectivity index (χ1v) is 10.1. The third-order valence-corrected chi connectivity index (χ3v) is 4.95. The van der Waals surface area contributed by atoms with Gasteiger partial charge in [-0.3, -0.25) is 4.79 Å². The molecule has 6 heteroatoms. The van der Waals surface area contributed by atoms with Crippen molar-refractivity contribution in [1.82, 2.24) is 4.57 Å². The van der Waals surface area contributed by atoms with Crippen molar-refractivity contribution in [3.8, 4) is 23.3 Å². The van der Waals surface area contributed by atoms with Gasteiger partial charge >= 0.3 is 0 Å². The summed E-state index contributed by atoms with van der Waals surface area (Å²) in [5.74, 6) is 0.983. The lowest BCUT2D eigenvalue weighted by Crippen LogP contribution is -2.13. The highest BCUT2D eigenvalue weighted by molar-refractivity contribution is 6.09. The van der Waals surface area contributed by atoms with Crippen LogP contribution in [0.1, 0.15) is 17.0 Å². The second kappa shape index (κ2) is 10.2. The second-order valence-electron chi connectivity index (χ2n) is 7.11. The zero-order chi connectivity index (χ0) is 23.1. The number of ether oxygens (including phenoxy) is 2. The topological polar surface area (TPSA) is 76.3 Å². The van der Waals surface area contributed by atoms with Gasteiger partial charge in [0.15, 0.2) is 0 Å². The molecule has 1 N–H and O–H groups in total. The van der Waals surface area contributed by atoms with Crippen molar-refractivity contribution in [1.29, 1.82) is 5.26 Å². The van der Waals surface area contributed by atoms with Gasteiger partial charge in [-0.05, 0) is 80.1 Å². The molecule has 0 radical (unpaired) electrons. The molecule has 1 amide bonds. The zero-order valence-electron chi connectivity index (χ0n) is 18.4. The molecule has 0 unspecified atom stereocenters. The molecule has 6 nitrogen and oxygen atoms in total. The normalized spacial score (nSPS) is 10.9. The van der Waals surface area contributed by atoms with E-state index in [1.807, 2.05) is 50.2 Å². The van der Waals surface area contributed by atoms with Gasteiger partial charge in [0.1, 0.15) is 29.7 Å². The van der Waals surface area contributed by atoms with E-state index in [4.69, 9.17) is 9.47 Å². The van der Waals surface area contributed by atoms with Crippen molar-refractivity contribution in [3.63, 3.8) is 0 Å². The number of nitrogens with one attached hydrogen (secondary N) is 1. The van der Waals surface area contributed by atoms with Crippen molar-refractivity contribution in [2.24, 2.45) is 0 Å². The van der Waals surface area contributed by atoms with Crippen LogP contribution in [0.15, 0.2) is 72.8 Å². The Morgan fingerprint density at radius 3 is 2.38 bits per heavy atom. The van der Waals surface area contributed by atoms with Gasteiger partial charge in [-0.15, -0.1) is 0 Å². The van der Waals surface area contributed by atoms with E-state index in [9.17, 15) is 10.1 Å². The minimum absolute atomic E-state index is 0.0224. The van der Waals surface area contributed by atoms with E-state index in [0.717, 1.165) is 28.4 Å². The predicted molar refractivity (Wildman–Crippen MR) is 126 cm³/mol. The molecule has 0 fully saturated rings. The third kappa shape index (κ3) is 5.08. The van der Waals surface area contributed by atoms with Gasteiger partial charge < -0.3 is 19.4 Å². The average molecular weight is 428 g/mol. The van der Waals surface area contributed by atoms with E-state index in [0.29, 0.717) is 18.0 Å². The van der Waals surface area contributed by atoms with Crippen LogP contribution in [0.25, 0.3) is 11.8 Å². The number of carbonyl (C=O) groups is 1. The highest BCUT2D eigenvalue weighted by atomic mass is 16.5. The van der Waals surface area contributed by atoms with E-state index in [1.165, 1.54) is 0 Å². The quantitative estimate of drug-likeness (QED) is 0.304. The molecule has 0 atom stereocenters. The van der Waals surface area contributed by atoms with Crippen molar-refractivity contribution in [3.05, 3.63) is 89.8 Å². The maximum Gasteiger partial charge on any atom is 0.266 e. The van der Waals surface area contributed by atoms with Crippen molar-refractivity contribution in [2.75, 3.05) is 19.0 Å². The number of aromatic nitrogens is 1. The van der Waals surface area contributed by atoms with Crippen LogP contribution in [0.4, 0.5) is 5.69 Å². The average Bonchev–Trinajstić information content (AvgIpc) is 3.09. The molecule has 0 aliphatic heterocycles. The fourth-order valence-electron chi connectivity index (χ4n) is 3.35. The van der Waals surface area contributed by atoms with Crippen LogP contribution in [-0.2, 0) is 4.79 Å². The Balaban J connectivity index is 1.84. The van der Waals surface area contributed by atoms with Gasteiger partial charge in [0, 0.05) is 22.8 Å². The minimum atomic E-state index is -0.466. The number of nitriles is 1. The molecular weight excluding hydrogens is 402 g/mol. The molecule has 0 aliphatic rings. The number of aryl methyl sites for hydroxylation is 1. The van der Waals surface area contributed by atoms with E-state index in [2.05, 4.69) is 16.5 Å². The molecule has 32 heavy (non-hydrogen) atoms. The first kappa shape index (κ1) is 22.4. The summed E-state index contributed by atoms with van der Waals surface area (Å²) in [6.45, 7) is 8.04. The number of rotatable bonds is 8. The highest BCUT2D eigenvalue weighted by Gasteiger charge is 2.14. The molecular formula is C26H25N3O3. The van der Waals surface area contributed by atoms with Crippen LogP contribution < -0.4 is 14.8 Å². The summed E-state index contributed by atoms with van der Waals surface area (Å²) in [6, 6.07) is 18.6. The number of anilines is 1. The molecule has 162 valence electrons. The predicted octanol–water partition coefficient (Wildman–Crippen LogP) is 5.21. The molecule has 3 rings (SSSR count). The van der Waals surface area contributed by atoms with Crippen LogP contribution in [0, 0.1) is 25.2 Å². The lowest BCUT2D eigenvalue weighted by atomic mass is 10.1. The molecule has 1 aromatic heterocycles. The molecule has 0 saturated carbocycles. The van der Waals surface area contributed by atoms with Crippen LogP contribution in [0.2, 0.25) is 0 Å². The lowest BCUT2D eigenvalue weighted by Gasteiger charge is -2.11. The third-order valence-electron chi connectivity index (χ3n) is 4.95. The van der Waals surface area contributed by atoms with Crippen molar-refractivity contribution < 1.29 is 14.3 Å². The molecule has 0 bridgehead atoms. The number of benzene rings is 2. The number of carbonyl (C=O) groups excluding carboxylic acids is 1. The van der Waals surface area contributed by atoms with Gasteiger partial charge in [0.25, 0.3) is 5.91 Å². The number of hydrogen-bond acceptors (Lipinski definition) is 4. The van der Waals surface area contributed by atoms with Crippen LogP contribution in [-0.4, -0.2) is 24.2 Å². The van der Waals surface area contributed by atoms with Crippen LogP contribution in [0.3, 0.4) is 0 Å². The number of nitrogens with zero attached hydrogens (tertiary/aromatic N) is 2. The summed E-state index contributed by atoms with van der Waals surface area (Å²) < 4.78 is 12.7. The van der Waals surface area contributed by atoms with Crippen LogP contribution in [0.5, 0.6) is 11.5 Å².